The van der Waals surface area contributed by atoms with Gasteiger partial charge in [-0.15, -0.1) is 0 Å². The Hall–Kier alpha value is -0.860. The Morgan fingerprint density at radius 2 is 1.57 bits per heavy atom. The van der Waals surface area contributed by atoms with E-state index >= 15 is 0 Å². The molecule has 0 spiro atoms. The van der Waals surface area contributed by atoms with E-state index in [9.17, 15) is 0 Å². The first-order chi connectivity index (χ1) is 9.94. The molecule has 0 aliphatic carbocycles. The molecule has 1 saturated heterocycles. The molecule has 0 bridgehead atoms. The van der Waals surface area contributed by atoms with Gasteiger partial charge in [0.25, 0.3) is 0 Å². The highest BCUT2D eigenvalue weighted by atomic mass is 15.3. The number of rotatable bonds is 5. The number of benzene rings is 1. The van der Waals surface area contributed by atoms with Crippen molar-refractivity contribution in [2.45, 2.75) is 71.5 Å². The highest BCUT2D eigenvalue weighted by Gasteiger charge is 2.41. The molecule has 118 valence electrons. The second-order valence-electron chi connectivity index (χ2n) is 7.19. The maximum Gasteiger partial charge on any atom is 0.0333 e. The van der Waals surface area contributed by atoms with Crippen molar-refractivity contribution in [2.24, 2.45) is 0 Å². The predicted octanol–water partition coefficient (Wildman–Crippen LogP) is 3.99. The molecule has 1 aromatic rings. The molecule has 1 aliphatic rings. The Morgan fingerprint density at radius 3 is 2.10 bits per heavy atom. The predicted molar refractivity (Wildman–Crippen MR) is 91.6 cm³/mol. The molecule has 2 rings (SSSR count). The van der Waals surface area contributed by atoms with Gasteiger partial charge in [0.05, 0.1) is 0 Å². The average molecular weight is 288 g/mol. The number of nitrogens with one attached hydrogen (secondary N) is 1. The van der Waals surface area contributed by atoms with Crippen molar-refractivity contribution >= 4 is 0 Å². The van der Waals surface area contributed by atoms with Crippen molar-refractivity contribution in [2.75, 3.05) is 13.1 Å². The Labute approximate surface area is 130 Å². The summed E-state index contributed by atoms with van der Waals surface area (Å²) in [6, 6.07) is 9.18. The molecule has 2 nitrogen and oxygen atoms in total. The fourth-order valence-electron chi connectivity index (χ4n) is 3.49. The van der Waals surface area contributed by atoms with E-state index in [1.807, 2.05) is 0 Å². The Bertz CT molecular complexity index is 443. The molecule has 0 radical (unpaired) electrons. The van der Waals surface area contributed by atoms with Gasteiger partial charge in [-0.05, 0) is 44.2 Å². The normalized spacial score (nSPS) is 21.4. The molecule has 0 saturated carbocycles. The monoisotopic (exact) mass is 288 g/mol. The first-order valence-corrected chi connectivity index (χ1v) is 8.52. The van der Waals surface area contributed by atoms with Crippen LogP contribution in [0.4, 0.5) is 0 Å². The van der Waals surface area contributed by atoms with Gasteiger partial charge in [-0.2, -0.15) is 0 Å². The molecule has 21 heavy (non-hydrogen) atoms. The molecule has 1 fully saturated rings. The first-order valence-electron chi connectivity index (χ1n) is 8.52. The van der Waals surface area contributed by atoms with Crippen molar-refractivity contribution in [3.05, 3.63) is 35.4 Å². The van der Waals surface area contributed by atoms with Gasteiger partial charge in [0.15, 0.2) is 0 Å². The minimum atomic E-state index is 0.206. The Kier molecular flexibility index (Phi) is 5.11. The minimum absolute atomic E-state index is 0.206. The summed E-state index contributed by atoms with van der Waals surface area (Å²) >= 11 is 0. The lowest BCUT2D eigenvalue weighted by atomic mass is 9.84. The van der Waals surface area contributed by atoms with Crippen molar-refractivity contribution < 1.29 is 0 Å². The maximum atomic E-state index is 3.74. The van der Waals surface area contributed by atoms with Crippen LogP contribution in [0.3, 0.4) is 0 Å². The molecule has 1 aliphatic heterocycles. The SMILES string of the molecule is CCc1ccc(CN2CC(C)(C)NCC2(CC)CC)cc1. The quantitative estimate of drug-likeness (QED) is 0.881. The van der Waals surface area contributed by atoms with Gasteiger partial charge in [-0.3, -0.25) is 4.90 Å². The van der Waals surface area contributed by atoms with Crippen LogP contribution < -0.4 is 5.32 Å². The standard InChI is InChI=1S/C19H32N2/c1-6-16-9-11-17(12-10-16)13-21-15-18(4,5)20-14-19(21,7-2)8-3/h9-12,20H,6-8,13-15H2,1-5H3. The van der Waals surface area contributed by atoms with Gasteiger partial charge in [-0.25, -0.2) is 0 Å². The smallest absolute Gasteiger partial charge is 0.0333 e. The van der Waals surface area contributed by atoms with E-state index in [1.54, 1.807) is 0 Å². The van der Waals surface area contributed by atoms with Gasteiger partial charge in [0, 0.05) is 30.7 Å². The number of hydrogen-bond donors (Lipinski definition) is 1. The van der Waals surface area contributed by atoms with Crippen LogP contribution in [0.5, 0.6) is 0 Å². The molecular weight excluding hydrogens is 256 g/mol. The van der Waals surface area contributed by atoms with Crippen LogP contribution in [-0.4, -0.2) is 29.1 Å². The van der Waals surface area contributed by atoms with E-state index < -0.39 is 0 Å². The van der Waals surface area contributed by atoms with Gasteiger partial charge in [0.1, 0.15) is 0 Å². The molecule has 0 aromatic heterocycles. The number of aryl methyl sites for hydroxylation is 1. The summed E-state index contributed by atoms with van der Waals surface area (Å²) in [7, 11) is 0. The van der Waals surface area contributed by atoms with Crippen LogP contribution in [0.25, 0.3) is 0 Å². The zero-order valence-electron chi connectivity index (χ0n) is 14.5. The van der Waals surface area contributed by atoms with E-state index in [-0.39, 0.29) is 5.54 Å². The second kappa shape index (κ2) is 6.50. The summed E-state index contributed by atoms with van der Waals surface area (Å²) in [4.78, 5) is 2.71. The van der Waals surface area contributed by atoms with Crippen LogP contribution in [0, 0.1) is 0 Å². The van der Waals surface area contributed by atoms with Gasteiger partial charge >= 0.3 is 0 Å². The van der Waals surface area contributed by atoms with Crippen LogP contribution in [0.1, 0.15) is 58.6 Å². The average Bonchev–Trinajstić information content (AvgIpc) is 2.48. The molecular formula is C19H32N2. The van der Waals surface area contributed by atoms with Gasteiger partial charge < -0.3 is 5.32 Å². The number of piperazine rings is 1. The van der Waals surface area contributed by atoms with Crippen molar-refractivity contribution in [1.29, 1.82) is 0 Å². The molecule has 2 heteroatoms. The first kappa shape index (κ1) is 16.5. The largest absolute Gasteiger partial charge is 0.309 e. The van der Waals surface area contributed by atoms with E-state index in [2.05, 4.69) is 69.1 Å². The summed E-state index contributed by atoms with van der Waals surface area (Å²) in [6.45, 7) is 14.8. The molecule has 0 amide bonds. The lowest BCUT2D eigenvalue weighted by Crippen LogP contribution is -2.67. The van der Waals surface area contributed by atoms with Crippen molar-refractivity contribution in [3.8, 4) is 0 Å². The van der Waals surface area contributed by atoms with Crippen LogP contribution in [0.15, 0.2) is 24.3 Å². The lowest BCUT2D eigenvalue weighted by molar-refractivity contribution is 0.00233. The fourth-order valence-corrected chi connectivity index (χ4v) is 3.49. The second-order valence-corrected chi connectivity index (χ2v) is 7.19. The molecule has 1 N–H and O–H groups in total. The Morgan fingerprint density at radius 1 is 1.00 bits per heavy atom. The molecule has 0 unspecified atom stereocenters. The summed E-state index contributed by atoms with van der Waals surface area (Å²) in [5.41, 5.74) is 3.38. The molecule has 0 atom stereocenters. The summed E-state index contributed by atoms with van der Waals surface area (Å²) in [5.74, 6) is 0. The van der Waals surface area contributed by atoms with Gasteiger partial charge in [-0.1, -0.05) is 45.0 Å². The minimum Gasteiger partial charge on any atom is -0.309 e. The van der Waals surface area contributed by atoms with Crippen molar-refractivity contribution in [1.82, 2.24) is 10.2 Å². The summed E-state index contributed by atoms with van der Waals surface area (Å²) in [5, 5.41) is 3.74. The van der Waals surface area contributed by atoms with Crippen molar-refractivity contribution in [3.63, 3.8) is 0 Å². The Balaban J connectivity index is 2.19. The summed E-state index contributed by atoms with van der Waals surface area (Å²) < 4.78 is 0. The zero-order valence-corrected chi connectivity index (χ0v) is 14.5. The van der Waals surface area contributed by atoms with E-state index in [0.29, 0.717) is 5.54 Å². The highest BCUT2D eigenvalue weighted by Crippen LogP contribution is 2.31. The third kappa shape index (κ3) is 3.67. The third-order valence-corrected chi connectivity index (χ3v) is 5.27. The van der Waals surface area contributed by atoms with E-state index in [1.165, 1.54) is 24.0 Å². The molecule has 1 aromatic carbocycles. The topological polar surface area (TPSA) is 15.3 Å². The van der Waals surface area contributed by atoms with Crippen LogP contribution in [-0.2, 0) is 13.0 Å². The highest BCUT2D eigenvalue weighted by molar-refractivity contribution is 5.23. The van der Waals surface area contributed by atoms with Crippen LogP contribution >= 0.6 is 0 Å². The third-order valence-electron chi connectivity index (χ3n) is 5.27. The van der Waals surface area contributed by atoms with Crippen LogP contribution in [0.2, 0.25) is 0 Å². The number of hydrogen-bond acceptors (Lipinski definition) is 2. The summed E-state index contributed by atoms with van der Waals surface area (Å²) in [6.07, 6.45) is 3.54. The van der Waals surface area contributed by atoms with Gasteiger partial charge in [0.2, 0.25) is 0 Å². The number of nitrogens with zero attached hydrogens (tertiary/aromatic N) is 1. The van der Waals surface area contributed by atoms with E-state index in [0.717, 1.165) is 26.1 Å². The zero-order chi connectivity index (χ0) is 15.5. The fraction of sp³-hybridized carbons (Fsp3) is 0.684. The molecule has 1 heterocycles. The lowest BCUT2D eigenvalue weighted by Gasteiger charge is -2.52. The van der Waals surface area contributed by atoms with E-state index in [4.69, 9.17) is 0 Å². The maximum absolute atomic E-state index is 3.74.